The monoisotopic (exact) mass is 188 g/mol. The van der Waals surface area contributed by atoms with Gasteiger partial charge in [0, 0.05) is 0 Å². The Bertz CT molecular complexity index is 141. The topological polar surface area (TPSA) is 60.7 Å². The molecule has 0 aromatic rings. The molecule has 1 rings (SSSR count). The van der Waals surface area contributed by atoms with Crippen LogP contribution in [0.1, 0.15) is 44.9 Å². The minimum atomic E-state index is -0.661. The van der Waals surface area contributed by atoms with Gasteiger partial charge in [-0.15, -0.1) is 0 Å². The fourth-order valence-corrected chi connectivity index (χ4v) is 1.99. The van der Waals surface area contributed by atoms with E-state index in [2.05, 4.69) is 0 Å². The third-order valence-corrected chi connectivity index (χ3v) is 2.94. The van der Waals surface area contributed by atoms with Crippen LogP contribution in [0, 0.1) is 0 Å². The number of aliphatic hydroxyl groups is 3. The lowest BCUT2D eigenvalue weighted by Gasteiger charge is -2.32. The number of rotatable bonds is 4. The lowest BCUT2D eigenvalue weighted by atomic mass is 9.81. The molecule has 0 amide bonds. The molecule has 1 fully saturated rings. The average molecular weight is 188 g/mol. The molecule has 0 radical (unpaired) electrons. The van der Waals surface area contributed by atoms with Crippen LogP contribution in [0.15, 0.2) is 0 Å². The quantitative estimate of drug-likeness (QED) is 0.612. The smallest absolute Gasteiger partial charge is 0.0772 e. The first kappa shape index (κ1) is 11.0. The third kappa shape index (κ3) is 3.63. The Labute approximate surface area is 79.4 Å². The molecule has 0 saturated heterocycles. The van der Waals surface area contributed by atoms with E-state index in [0.29, 0.717) is 12.8 Å². The van der Waals surface area contributed by atoms with Gasteiger partial charge >= 0.3 is 0 Å². The molecule has 1 saturated carbocycles. The summed E-state index contributed by atoms with van der Waals surface area (Å²) in [5.41, 5.74) is -0.561. The normalized spacial score (nSPS) is 24.2. The summed E-state index contributed by atoms with van der Waals surface area (Å²) >= 11 is 0. The van der Waals surface area contributed by atoms with Crippen molar-refractivity contribution < 1.29 is 15.3 Å². The maximum absolute atomic E-state index is 10.0. The molecular weight excluding hydrogens is 168 g/mol. The van der Waals surface area contributed by atoms with Gasteiger partial charge in [-0.2, -0.15) is 0 Å². The highest BCUT2D eigenvalue weighted by Crippen LogP contribution is 2.32. The van der Waals surface area contributed by atoms with Crippen LogP contribution >= 0.6 is 0 Å². The Morgan fingerprint density at radius 1 is 1.15 bits per heavy atom. The van der Waals surface area contributed by atoms with Gasteiger partial charge in [-0.25, -0.2) is 0 Å². The minimum absolute atomic E-state index is 0.198. The molecular formula is C10H20O3. The first-order valence-corrected chi connectivity index (χ1v) is 5.18. The van der Waals surface area contributed by atoms with Crippen molar-refractivity contribution in [3.63, 3.8) is 0 Å². The van der Waals surface area contributed by atoms with Crippen molar-refractivity contribution in [3.8, 4) is 0 Å². The van der Waals surface area contributed by atoms with E-state index in [9.17, 15) is 5.11 Å². The summed E-state index contributed by atoms with van der Waals surface area (Å²) in [7, 11) is 0. The van der Waals surface area contributed by atoms with Crippen LogP contribution in [0.3, 0.4) is 0 Å². The highest BCUT2D eigenvalue weighted by molar-refractivity contribution is 4.82. The van der Waals surface area contributed by atoms with Crippen LogP contribution in [0.25, 0.3) is 0 Å². The van der Waals surface area contributed by atoms with Gasteiger partial charge in [0.15, 0.2) is 0 Å². The minimum Gasteiger partial charge on any atom is -0.394 e. The highest BCUT2D eigenvalue weighted by Gasteiger charge is 2.29. The van der Waals surface area contributed by atoms with E-state index in [-0.39, 0.29) is 6.61 Å². The van der Waals surface area contributed by atoms with Crippen molar-refractivity contribution in [3.05, 3.63) is 0 Å². The van der Waals surface area contributed by atoms with Crippen LogP contribution in [0.4, 0.5) is 0 Å². The molecule has 3 heteroatoms. The van der Waals surface area contributed by atoms with Gasteiger partial charge in [0.05, 0.1) is 18.3 Å². The van der Waals surface area contributed by atoms with E-state index in [1.54, 1.807) is 0 Å². The van der Waals surface area contributed by atoms with Crippen molar-refractivity contribution in [1.82, 2.24) is 0 Å². The van der Waals surface area contributed by atoms with Gasteiger partial charge in [0.1, 0.15) is 0 Å². The number of hydrogen-bond donors (Lipinski definition) is 3. The van der Waals surface area contributed by atoms with E-state index >= 15 is 0 Å². The van der Waals surface area contributed by atoms with Crippen LogP contribution in [-0.4, -0.2) is 33.6 Å². The first-order valence-electron chi connectivity index (χ1n) is 5.18. The van der Waals surface area contributed by atoms with Crippen molar-refractivity contribution >= 4 is 0 Å². The van der Waals surface area contributed by atoms with Crippen LogP contribution in [-0.2, 0) is 0 Å². The summed E-state index contributed by atoms with van der Waals surface area (Å²) in [6.07, 6.45) is 5.56. The molecule has 0 aromatic carbocycles. The van der Waals surface area contributed by atoms with Crippen molar-refractivity contribution in [1.29, 1.82) is 0 Å². The van der Waals surface area contributed by atoms with Gasteiger partial charge in [-0.05, 0) is 25.7 Å². The fourth-order valence-electron chi connectivity index (χ4n) is 1.99. The molecule has 1 unspecified atom stereocenters. The van der Waals surface area contributed by atoms with Gasteiger partial charge in [-0.3, -0.25) is 0 Å². The molecule has 1 atom stereocenters. The lowest BCUT2D eigenvalue weighted by Crippen LogP contribution is -2.32. The number of aliphatic hydroxyl groups excluding tert-OH is 2. The standard InChI is InChI=1S/C10H20O3/c11-8-9(12)4-7-10(13)5-2-1-3-6-10/h9,11-13H,1-8H2. The summed E-state index contributed by atoms with van der Waals surface area (Å²) in [6.45, 7) is -0.198. The van der Waals surface area contributed by atoms with Crippen molar-refractivity contribution in [2.24, 2.45) is 0 Å². The molecule has 0 aromatic heterocycles. The number of hydrogen-bond acceptors (Lipinski definition) is 3. The zero-order chi connectivity index (χ0) is 9.73. The summed E-state index contributed by atoms with van der Waals surface area (Å²) in [5.74, 6) is 0. The lowest BCUT2D eigenvalue weighted by molar-refractivity contribution is -0.0206. The predicted octanol–water partition coefficient (Wildman–Crippen LogP) is 0.815. The van der Waals surface area contributed by atoms with E-state index in [1.807, 2.05) is 0 Å². The molecule has 3 N–H and O–H groups in total. The highest BCUT2D eigenvalue weighted by atomic mass is 16.3. The Morgan fingerprint density at radius 2 is 1.77 bits per heavy atom. The zero-order valence-corrected chi connectivity index (χ0v) is 8.08. The average Bonchev–Trinajstić information content (AvgIpc) is 2.15. The van der Waals surface area contributed by atoms with E-state index in [1.165, 1.54) is 6.42 Å². The molecule has 0 spiro atoms. The molecule has 13 heavy (non-hydrogen) atoms. The molecule has 3 nitrogen and oxygen atoms in total. The summed E-state index contributed by atoms with van der Waals surface area (Å²) in [6, 6.07) is 0. The second kappa shape index (κ2) is 4.94. The van der Waals surface area contributed by atoms with Gasteiger partial charge in [-0.1, -0.05) is 19.3 Å². The second-order valence-electron chi connectivity index (χ2n) is 4.16. The van der Waals surface area contributed by atoms with E-state index in [0.717, 1.165) is 25.7 Å². The Hall–Kier alpha value is -0.120. The largest absolute Gasteiger partial charge is 0.394 e. The Kier molecular flexibility index (Phi) is 4.16. The van der Waals surface area contributed by atoms with Gasteiger partial charge in [0.25, 0.3) is 0 Å². The third-order valence-electron chi connectivity index (χ3n) is 2.94. The molecule has 0 aliphatic heterocycles. The fraction of sp³-hybridized carbons (Fsp3) is 1.00. The first-order chi connectivity index (χ1) is 6.16. The van der Waals surface area contributed by atoms with Crippen LogP contribution < -0.4 is 0 Å². The zero-order valence-electron chi connectivity index (χ0n) is 8.08. The van der Waals surface area contributed by atoms with Crippen molar-refractivity contribution in [2.45, 2.75) is 56.7 Å². The second-order valence-corrected chi connectivity index (χ2v) is 4.16. The van der Waals surface area contributed by atoms with E-state index < -0.39 is 11.7 Å². The maximum Gasteiger partial charge on any atom is 0.0772 e. The summed E-state index contributed by atoms with van der Waals surface area (Å²) in [4.78, 5) is 0. The summed E-state index contributed by atoms with van der Waals surface area (Å²) < 4.78 is 0. The van der Waals surface area contributed by atoms with E-state index in [4.69, 9.17) is 10.2 Å². The molecule has 1 aliphatic rings. The van der Waals surface area contributed by atoms with Gasteiger partial charge in [0.2, 0.25) is 0 Å². The van der Waals surface area contributed by atoms with Crippen LogP contribution in [0.5, 0.6) is 0 Å². The van der Waals surface area contributed by atoms with Gasteiger partial charge < -0.3 is 15.3 Å². The SMILES string of the molecule is OCC(O)CCC1(O)CCCCC1. The summed E-state index contributed by atoms with van der Waals surface area (Å²) in [5, 5.41) is 27.8. The maximum atomic E-state index is 10.0. The molecule has 1 aliphatic carbocycles. The van der Waals surface area contributed by atoms with Crippen LogP contribution in [0.2, 0.25) is 0 Å². The molecule has 78 valence electrons. The predicted molar refractivity (Wildman–Crippen MR) is 50.4 cm³/mol. The Balaban J connectivity index is 2.24. The van der Waals surface area contributed by atoms with Crippen molar-refractivity contribution in [2.75, 3.05) is 6.61 Å². The Morgan fingerprint density at radius 3 is 2.31 bits per heavy atom. The molecule has 0 bridgehead atoms. The molecule has 0 heterocycles.